The van der Waals surface area contributed by atoms with Crippen molar-refractivity contribution in [3.63, 3.8) is 0 Å². The first-order chi connectivity index (χ1) is 8.24. The molecule has 0 saturated carbocycles. The Hall–Kier alpha value is -1.75. The molecule has 5 heteroatoms. The Morgan fingerprint density at radius 3 is 2.82 bits per heavy atom. The largest absolute Gasteiger partial charge is 0.305 e. The summed E-state index contributed by atoms with van der Waals surface area (Å²) >= 11 is 0. The molecule has 2 aromatic rings. The molecule has 0 fully saturated rings. The fourth-order valence-corrected chi connectivity index (χ4v) is 1.95. The van der Waals surface area contributed by atoms with Crippen molar-refractivity contribution >= 4 is 0 Å². The molecular formula is C12H17N5. The number of hydrogen-bond donors (Lipinski definition) is 1. The highest BCUT2D eigenvalue weighted by Gasteiger charge is 2.18. The first-order valence-corrected chi connectivity index (χ1v) is 5.72. The number of pyridine rings is 1. The number of nitrogens with zero attached hydrogens (tertiary/aromatic N) is 4. The molecule has 90 valence electrons. The van der Waals surface area contributed by atoms with Crippen molar-refractivity contribution in [2.24, 2.45) is 7.05 Å². The van der Waals surface area contributed by atoms with Gasteiger partial charge in [0.2, 0.25) is 0 Å². The van der Waals surface area contributed by atoms with Crippen molar-refractivity contribution in [3.05, 3.63) is 41.5 Å². The molecule has 2 heterocycles. The van der Waals surface area contributed by atoms with E-state index >= 15 is 0 Å². The van der Waals surface area contributed by atoms with Gasteiger partial charge in [-0.1, -0.05) is 12.1 Å². The van der Waals surface area contributed by atoms with E-state index in [2.05, 4.69) is 34.5 Å². The molecule has 0 bridgehead atoms. The molecule has 2 rings (SSSR count). The summed E-state index contributed by atoms with van der Waals surface area (Å²) in [6, 6.07) is 2.15. The third-order valence-electron chi connectivity index (χ3n) is 2.83. The van der Waals surface area contributed by atoms with Crippen LogP contribution in [0.25, 0.3) is 0 Å². The standard InChI is InChI=1S/C12H17N5/c1-4-14-12(11-8-15-16-17(11)3)10-5-6-13-7-9(10)2/h5-8,12,14H,4H2,1-3H3. The van der Waals surface area contributed by atoms with Crippen molar-refractivity contribution < 1.29 is 0 Å². The first-order valence-electron chi connectivity index (χ1n) is 5.72. The fraction of sp³-hybridized carbons (Fsp3) is 0.417. The van der Waals surface area contributed by atoms with Crippen LogP contribution < -0.4 is 5.32 Å². The average molecular weight is 231 g/mol. The Kier molecular flexibility index (Phi) is 3.49. The summed E-state index contributed by atoms with van der Waals surface area (Å²) in [4.78, 5) is 4.13. The molecule has 2 aromatic heterocycles. The predicted octanol–water partition coefficient (Wildman–Crippen LogP) is 1.22. The van der Waals surface area contributed by atoms with Gasteiger partial charge in [-0.2, -0.15) is 0 Å². The van der Waals surface area contributed by atoms with E-state index in [1.54, 1.807) is 10.9 Å². The summed E-state index contributed by atoms with van der Waals surface area (Å²) in [5.74, 6) is 0. The van der Waals surface area contributed by atoms with Crippen molar-refractivity contribution in [1.82, 2.24) is 25.3 Å². The highest BCUT2D eigenvalue weighted by Crippen LogP contribution is 2.22. The fourth-order valence-electron chi connectivity index (χ4n) is 1.95. The van der Waals surface area contributed by atoms with Crippen molar-refractivity contribution in [2.75, 3.05) is 6.54 Å². The first kappa shape index (κ1) is 11.7. The van der Waals surface area contributed by atoms with Gasteiger partial charge in [-0.3, -0.25) is 9.67 Å². The van der Waals surface area contributed by atoms with Gasteiger partial charge in [0.15, 0.2) is 0 Å². The van der Waals surface area contributed by atoms with Crippen LogP contribution in [0.4, 0.5) is 0 Å². The second-order valence-corrected chi connectivity index (χ2v) is 4.01. The van der Waals surface area contributed by atoms with E-state index in [0.29, 0.717) is 0 Å². The Bertz CT molecular complexity index is 491. The molecule has 1 unspecified atom stereocenters. The molecule has 5 nitrogen and oxygen atoms in total. The van der Waals surface area contributed by atoms with E-state index in [0.717, 1.165) is 12.2 Å². The summed E-state index contributed by atoms with van der Waals surface area (Å²) in [6.07, 6.45) is 5.49. The monoisotopic (exact) mass is 231 g/mol. The lowest BCUT2D eigenvalue weighted by Gasteiger charge is -2.19. The van der Waals surface area contributed by atoms with Gasteiger partial charge < -0.3 is 5.32 Å². The molecule has 1 N–H and O–H groups in total. The molecule has 0 aromatic carbocycles. The summed E-state index contributed by atoms with van der Waals surface area (Å²) in [7, 11) is 1.91. The van der Waals surface area contributed by atoms with Crippen LogP contribution in [0.3, 0.4) is 0 Å². The van der Waals surface area contributed by atoms with Crippen molar-refractivity contribution in [1.29, 1.82) is 0 Å². The number of aryl methyl sites for hydroxylation is 2. The molecule has 0 aliphatic heterocycles. The smallest absolute Gasteiger partial charge is 0.0798 e. The van der Waals surface area contributed by atoms with Crippen LogP contribution >= 0.6 is 0 Å². The van der Waals surface area contributed by atoms with Crippen LogP contribution in [-0.2, 0) is 7.05 Å². The second-order valence-electron chi connectivity index (χ2n) is 4.01. The Balaban J connectivity index is 2.43. The van der Waals surface area contributed by atoms with Crippen LogP contribution in [0.15, 0.2) is 24.7 Å². The van der Waals surface area contributed by atoms with E-state index in [4.69, 9.17) is 0 Å². The van der Waals surface area contributed by atoms with Gasteiger partial charge in [0.05, 0.1) is 17.9 Å². The van der Waals surface area contributed by atoms with E-state index in [-0.39, 0.29) is 6.04 Å². The zero-order chi connectivity index (χ0) is 12.3. The molecule has 0 amide bonds. The van der Waals surface area contributed by atoms with Gasteiger partial charge in [0.1, 0.15) is 0 Å². The minimum Gasteiger partial charge on any atom is -0.305 e. The van der Waals surface area contributed by atoms with E-state index in [1.165, 1.54) is 11.1 Å². The zero-order valence-electron chi connectivity index (χ0n) is 10.4. The Labute approximate surface area is 101 Å². The Morgan fingerprint density at radius 1 is 1.41 bits per heavy atom. The van der Waals surface area contributed by atoms with Crippen LogP contribution in [0.5, 0.6) is 0 Å². The lowest BCUT2D eigenvalue weighted by atomic mass is 10.0. The second kappa shape index (κ2) is 5.05. The van der Waals surface area contributed by atoms with Crippen LogP contribution in [-0.4, -0.2) is 26.5 Å². The van der Waals surface area contributed by atoms with Gasteiger partial charge >= 0.3 is 0 Å². The van der Waals surface area contributed by atoms with Gasteiger partial charge in [0.25, 0.3) is 0 Å². The Morgan fingerprint density at radius 2 is 2.24 bits per heavy atom. The molecule has 0 saturated heterocycles. The molecule has 0 aliphatic carbocycles. The van der Waals surface area contributed by atoms with Crippen molar-refractivity contribution in [2.45, 2.75) is 19.9 Å². The highest BCUT2D eigenvalue weighted by molar-refractivity contribution is 5.31. The van der Waals surface area contributed by atoms with E-state index in [1.807, 2.05) is 25.5 Å². The number of aromatic nitrogens is 4. The van der Waals surface area contributed by atoms with Gasteiger partial charge in [-0.15, -0.1) is 5.10 Å². The number of rotatable bonds is 4. The molecule has 1 atom stereocenters. The number of nitrogens with one attached hydrogen (secondary N) is 1. The molecule has 17 heavy (non-hydrogen) atoms. The van der Waals surface area contributed by atoms with Crippen LogP contribution in [0.2, 0.25) is 0 Å². The summed E-state index contributed by atoms with van der Waals surface area (Å²) in [5.41, 5.74) is 3.44. The maximum absolute atomic E-state index is 4.13. The van der Waals surface area contributed by atoms with Crippen LogP contribution in [0.1, 0.15) is 29.8 Å². The van der Waals surface area contributed by atoms with Crippen LogP contribution in [0, 0.1) is 6.92 Å². The summed E-state index contributed by atoms with van der Waals surface area (Å²) in [5, 5.41) is 11.4. The minimum absolute atomic E-state index is 0.114. The predicted molar refractivity (Wildman–Crippen MR) is 65.5 cm³/mol. The quantitative estimate of drug-likeness (QED) is 0.859. The third kappa shape index (κ3) is 2.34. The molecule has 0 radical (unpaired) electrons. The topological polar surface area (TPSA) is 55.6 Å². The average Bonchev–Trinajstić information content (AvgIpc) is 2.74. The van der Waals surface area contributed by atoms with E-state index in [9.17, 15) is 0 Å². The summed E-state index contributed by atoms with van der Waals surface area (Å²) < 4.78 is 1.80. The number of hydrogen-bond acceptors (Lipinski definition) is 4. The SMILES string of the molecule is CCNC(c1ccncc1C)c1cnnn1C. The lowest BCUT2D eigenvalue weighted by Crippen LogP contribution is -2.25. The zero-order valence-corrected chi connectivity index (χ0v) is 10.4. The molecule has 0 aliphatic rings. The minimum atomic E-state index is 0.114. The third-order valence-corrected chi connectivity index (χ3v) is 2.83. The molecular weight excluding hydrogens is 214 g/mol. The van der Waals surface area contributed by atoms with Crippen molar-refractivity contribution in [3.8, 4) is 0 Å². The molecule has 0 spiro atoms. The maximum Gasteiger partial charge on any atom is 0.0798 e. The van der Waals surface area contributed by atoms with E-state index < -0.39 is 0 Å². The normalized spacial score (nSPS) is 12.6. The van der Waals surface area contributed by atoms with Gasteiger partial charge in [-0.25, -0.2) is 0 Å². The summed E-state index contributed by atoms with van der Waals surface area (Å²) in [6.45, 7) is 5.04. The van der Waals surface area contributed by atoms with Gasteiger partial charge in [-0.05, 0) is 30.7 Å². The highest BCUT2D eigenvalue weighted by atomic mass is 15.4. The lowest BCUT2D eigenvalue weighted by molar-refractivity contribution is 0.566. The van der Waals surface area contributed by atoms with Gasteiger partial charge in [0, 0.05) is 19.4 Å². The maximum atomic E-state index is 4.13.